The summed E-state index contributed by atoms with van der Waals surface area (Å²) in [5.74, 6) is 2.92. The van der Waals surface area contributed by atoms with Crippen molar-refractivity contribution in [2.45, 2.75) is 32.3 Å². The highest BCUT2D eigenvalue weighted by Gasteiger charge is 2.13. The van der Waals surface area contributed by atoms with Crippen LogP contribution in [0.4, 0.5) is 0 Å². The van der Waals surface area contributed by atoms with Gasteiger partial charge < -0.3 is 5.11 Å². The molecule has 0 aliphatic carbocycles. The smallest absolute Gasteiger partial charge is 0.0783 e. The topological polar surface area (TPSA) is 33.1 Å². The highest BCUT2D eigenvalue weighted by Crippen LogP contribution is 2.30. The van der Waals surface area contributed by atoms with Crippen LogP contribution in [-0.2, 0) is 6.42 Å². The first-order chi connectivity index (χ1) is 12.2. The summed E-state index contributed by atoms with van der Waals surface area (Å²) in [6, 6.07) is 18.5. The summed E-state index contributed by atoms with van der Waals surface area (Å²) >= 11 is 0. The van der Waals surface area contributed by atoms with Gasteiger partial charge in [0, 0.05) is 23.1 Å². The second-order valence-corrected chi connectivity index (χ2v) is 6.54. The largest absolute Gasteiger partial charge is 0.393 e. The molecule has 2 nitrogen and oxygen atoms in total. The molecule has 1 aromatic heterocycles. The van der Waals surface area contributed by atoms with Crippen LogP contribution in [0.1, 0.15) is 25.3 Å². The molecule has 2 unspecified atom stereocenters. The molecule has 0 saturated heterocycles. The minimum atomic E-state index is -0.396. The molecule has 2 heteroatoms. The van der Waals surface area contributed by atoms with E-state index in [9.17, 15) is 5.11 Å². The van der Waals surface area contributed by atoms with Gasteiger partial charge in [0.1, 0.15) is 0 Å². The Morgan fingerprint density at radius 2 is 1.80 bits per heavy atom. The molecule has 1 N–H and O–H groups in total. The van der Waals surface area contributed by atoms with E-state index in [2.05, 4.69) is 35.2 Å². The maximum absolute atomic E-state index is 10.4. The lowest BCUT2D eigenvalue weighted by molar-refractivity contribution is 0.159. The second kappa shape index (κ2) is 7.96. The highest BCUT2D eigenvalue weighted by atomic mass is 16.3. The Hall–Kier alpha value is -2.63. The fourth-order valence-corrected chi connectivity index (χ4v) is 3.15. The summed E-state index contributed by atoms with van der Waals surface area (Å²) in [6.07, 6.45) is 9.03. The first-order valence-electron chi connectivity index (χ1n) is 8.75. The van der Waals surface area contributed by atoms with E-state index in [1.54, 1.807) is 0 Å². The molecule has 0 aliphatic rings. The number of fused-ring (bicyclic) bond motifs is 1. The summed E-state index contributed by atoms with van der Waals surface area (Å²) in [5.41, 5.74) is 3.17. The van der Waals surface area contributed by atoms with Gasteiger partial charge in [0.2, 0.25) is 0 Å². The molecule has 1 heterocycles. The van der Waals surface area contributed by atoms with E-state index >= 15 is 0 Å². The van der Waals surface area contributed by atoms with Gasteiger partial charge in [0.15, 0.2) is 0 Å². The summed E-state index contributed by atoms with van der Waals surface area (Å²) in [4.78, 5) is 4.62. The van der Waals surface area contributed by atoms with Crippen molar-refractivity contribution in [2.75, 3.05) is 0 Å². The van der Waals surface area contributed by atoms with Crippen molar-refractivity contribution in [3.8, 4) is 23.6 Å². The Balaban J connectivity index is 1.90. The minimum absolute atomic E-state index is 0.199. The monoisotopic (exact) mass is 329 g/mol. The number of aromatic nitrogens is 1. The number of nitrogens with zero attached hydrogens (tertiary/aromatic N) is 1. The molecular formula is C23H23NO. The van der Waals surface area contributed by atoms with E-state index in [4.69, 9.17) is 6.42 Å². The normalized spacial score (nSPS) is 13.3. The summed E-state index contributed by atoms with van der Waals surface area (Å²) in [7, 11) is 0. The predicted octanol–water partition coefficient (Wildman–Crippen LogP) is 4.85. The van der Waals surface area contributed by atoms with Gasteiger partial charge in [-0.2, -0.15) is 0 Å². The standard InChI is InChI=1S/C23H23NO/c1-3-17(2)12-13-20(25)16-19-9-5-7-11-22(19)23-21-10-6-4-8-18(21)14-15-24-23/h1,4-11,14-15,17,20,25H,12-13,16H2,2H3. The molecule has 0 amide bonds. The van der Waals surface area contributed by atoms with Crippen LogP contribution in [0.15, 0.2) is 60.8 Å². The summed E-state index contributed by atoms with van der Waals surface area (Å²) in [6.45, 7) is 2.01. The maximum Gasteiger partial charge on any atom is 0.0783 e. The molecule has 2 aromatic carbocycles. The van der Waals surface area contributed by atoms with Crippen LogP contribution in [-0.4, -0.2) is 16.2 Å². The van der Waals surface area contributed by atoms with Gasteiger partial charge in [-0.05, 0) is 36.3 Å². The molecule has 0 aliphatic heterocycles. The molecule has 2 atom stereocenters. The molecule has 0 saturated carbocycles. The van der Waals surface area contributed by atoms with E-state index in [1.807, 2.05) is 43.5 Å². The van der Waals surface area contributed by atoms with E-state index in [0.29, 0.717) is 12.8 Å². The number of pyridine rings is 1. The van der Waals surface area contributed by atoms with Crippen LogP contribution in [0.25, 0.3) is 22.0 Å². The number of hydrogen-bond donors (Lipinski definition) is 1. The van der Waals surface area contributed by atoms with Crippen LogP contribution < -0.4 is 0 Å². The molecular weight excluding hydrogens is 306 g/mol. The molecule has 0 bridgehead atoms. The van der Waals surface area contributed by atoms with Crippen LogP contribution in [0, 0.1) is 18.3 Å². The average molecular weight is 329 g/mol. The zero-order valence-electron chi connectivity index (χ0n) is 14.5. The third-order valence-electron chi connectivity index (χ3n) is 4.62. The maximum atomic E-state index is 10.4. The number of benzene rings is 2. The predicted molar refractivity (Wildman–Crippen MR) is 104 cm³/mol. The van der Waals surface area contributed by atoms with Crippen molar-refractivity contribution in [3.63, 3.8) is 0 Å². The van der Waals surface area contributed by atoms with Crippen LogP contribution in [0.5, 0.6) is 0 Å². The van der Waals surface area contributed by atoms with Gasteiger partial charge >= 0.3 is 0 Å². The van der Waals surface area contributed by atoms with Crippen molar-refractivity contribution >= 4 is 10.8 Å². The zero-order chi connectivity index (χ0) is 17.6. The van der Waals surface area contributed by atoms with Crippen LogP contribution in [0.3, 0.4) is 0 Å². The Bertz CT molecular complexity index is 888. The SMILES string of the molecule is C#CC(C)CCC(O)Cc1ccccc1-c1nccc2ccccc12. The molecule has 3 rings (SSSR count). The van der Waals surface area contributed by atoms with E-state index in [0.717, 1.165) is 28.6 Å². The Labute approximate surface area is 149 Å². The fraction of sp³-hybridized carbons (Fsp3) is 0.261. The van der Waals surface area contributed by atoms with Crippen LogP contribution in [0.2, 0.25) is 0 Å². The lowest BCUT2D eigenvalue weighted by Crippen LogP contribution is -2.12. The number of aliphatic hydroxyl groups is 1. The molecule has 0 fully saturated rings. The summed E-state index contributed by atoms with van der Waals surface area (Å²) in [5, 5.41) is 12.7. The third kappa shape index (κ3) is 4.07. The summed E-state index contributed by atoms with van der Waals surface area (Å²) < 4.78 is 0. The van der Waals surface area contributed by atoms with Gasteiger partial charge in [-0.1, -0.05) is 55.5 Å². The zero-order valence-corrected chi connectivity index (χ0v) is 14.5. The first kappa shape index (κ1) is 17.2. The second-order valence-electron chi connectivity index (χ2n) is 6.54. The van der Waals surface area contributed by atoms with Gasteiger partial charge in [0.25, 0.3) is 0 Å². The van der Waals surface area contributed by atoms with Gasteiger partial charge in [0.05, 0.1) is 11.8 Å². The van der Waals surface area contributed by atoms with E-state index < -0.39 is 6.10 Å². The van der Waals surface area contributed by atoms with Gasteiger partial charge in [-0.3, -0.25) is 4.98 Å². The Kier molecular flexibility index (Phi) is 5.48. The fourth-order valence-electron chi connectivity index (χ4n) is 3.15. The number of aliphatic hydroxyl groups excluding tert-OH is 1. The Morgan fingerprint density at radius 1 is 1.04 bits per heavy atom. The van der Waals surface area contributed by atoms with Crippen molar-refractivity contribution in [1.82, 2.24) is 4.98 Å². The quantitative estimate of drug-likeness (QED) is 0.656. The number of rotatable bonds is 6. The minimum Gasteiger partial charge on any atom is -0.393 e. The highest BCUT2D eigenvalue weighted by molar-refractivity contribution is 5.95. The van der Waals surface area contributed by atoms with Crippen molar-refractivity contribution in [2.24, 2.45) is 5.92 Å². The molecule has 126 valence electrons. The first-order valence-corrected chi connectivity index (χ1v) is 8.75. The number of terminal acetylenes is 1. The molecule has 0 radical (unpaired) electrons. The molecule has 0 spiro atoms. The van der Waals surface area contributed by atoms with E-state index in [-0.39, 0.29) is 5.92 Å². The lowest BCUT2D eigenvalue weighted by atomic mass is 9.94. The van der Waals surface area contributed by atoms with E-state index in [1.165, 1.54) is 5.39 Å². The Morgan fingerprint density at radius 3 is 2.64 bits per heavy atom. The third-order valence-corrected chi connectivity index (χ3v) is 4.62. The van der Waals surface area contributed by atoms with Crippen molar-refractivity contribution in [1.29, 1.82) is 0 Å². The average Bonchev–Trinajstić information content (AvgIpc) is 2.66. The number of hydrogen-bond acceptors (Lipinski definition) is 2. The molecule has 3 aromatic rings. The van der Waals surface area contributed by atoms with Crippen molar-refractivity contribution < 1.29 is 5.11 Å². The van der Waals surface area contributed by atoms with Crippen LogP contribution >= 0.6 is 0 Å². The van der Waals surface area contributed by atoms with Gasteiger partial charge in [-0.15, -0.1) is 12.3 Å². The lowest BCUT2D eigenvalue weighted by Gasteiger charge is -2.15. The molecule has 25 heavy (non-hydrogen) atoms. The van der Waals surface area contributed by atoms with Gasteiger partial charge in [-0.25, -0.2) is 0 Å². The van der Waals surface area contributed by atoms with Crippen molar-refractivity contribution in [3.05, 3.63) is 66.4 Å².